The number of furan rings is 1. The molecule has 126 valence electrons. The fraction of sp³-hybridized carbons (Fsp3) is 0.312. The minimum Gasteiger partial charge on any atom is -0.460 e. The largest absolute Gasteiger partial charge is 0.460 e. The maximum absolute atomic E-state index is 12.3. The van der Waals surface area contributed by atoms with E-state index in [9.17, 15) is 14.4 Å². The first-order valence-electron chi connectivity index (χ1n) is 7.31. The zero-order valence-electron chi connectivity index (χ0n) is 13.0. The topological polar surface area (TPSA) is 94.8 Å². The molecule has 0 saturated carbocycles. The smallest absolute Gasteiger partial charge is 0.349 e. The van der Waals surface area contributed by atoms with Crippen LogP contribution in [-0.2, 0) is 14.3 Å². The first-order chi connectivity index (χ1) is 11.4. The van der Waals surface area contributed by atoms with Gasteiger partial charge in [0.05, 0.1) is 11.3 Å². The van der Waals surface area contributed by atoms with Gasteiger partial charge < -0.3 is 19.2 Å². The van der Waals surface area contributed by atoms with E-state index in [1.54, 1.807) is 26.0 Å². The highest BCUT2D eigenvalue weighted by molar-refractivity contribution is 7.18. The molecule has 8 heteroatoms. The summed E-state index contributed by atoms with van der Waals surface area (Å²) in [6.45, 7) is 3.47. The van der Waals surface area contributed by atoms with E-state index in [0.29, 0.717) is 21.9 Å². The van der Waals surface area contributed by atoms with Crippen molar-refractivity contribution in [3.8, 4) is 0 Å². The first-order valence-corrected chi connectivity index (χ1v) is 8.12. The molecule has 0 bridgehead atoms. The number of amides is 1. The SMILES string of the molecule is Cc1cc(NC(=O)c2ccco2)sc1C(=O)OC1CC(C)OC1=O. The van der Waals surface area contributed by atoms with Crippen molar-refractivity contribution >= 4 is 34.2 Å². The summed E-state index contributed by atoms with van der Waals surface area (Å²) in [7, 11) is 0. The average molecular weight is 349 g/mol. The predicted molar refractivity (Wildman–Crippen MR) is 85.1 cm³/mol. The Hall–Kier alpha value is -2.61. The Morgan fingerprint density at radius 3 is 2.83 bits per heavy atom. The van der Waals surface area contributed by atoms with Crippen LogP contribution in [0.3, 0.4) is 0 Å². The van der Waals surface area contributed by atoms with Crippen LogP contribution in [0, 0.1) is 6.92 Å². The van der Waals surface area contributed by atoms with Crippen LogP contribution in [0.4, 0.5) is 5.00 Å². The summed E-state index contributed by atoms with van der Waals surface area (Å²) in [5, 5.41) is 3.15. The number of cyclic esters (lactones) is 1. The molecule has 24 heavy (non-hydrogen) atoms. The quantitative estimate of drug-likeness (QED) is 0.853. The summed E-state index contributed by atoms with van der Waals surface area (Å²) >= 11 is 1.08. The van der Waals surface area contributed by atoms with Crippen LogP contribution in [-0.4, -0.2) is 30.1 Å². The molecule has 0 spiro atoms. The van der Waals surface area contributed by atoms with E-state index in [0.717, 1.165) is 11.3 Å². The lowest BCUT2D eigenvalue weighted by atomic mass is 10.2. The number of esters is 2. The second-order valence-corrected chi connectivity index (χ2v) is 6.48. The molecule has 2 aromatic heterocycles. The molecule has 1 amide bonds. The number of nitrogens with one attached hydrogen (secondary N) is 1. The molecule has 3 heterocycles. The molecule has 1 aliphatic heterocycles. The van der Waals surface area contributed by atoms with Gasteiger partial charge in [-0.05, 0) is 37.6 Å². The highest BCUT2D eigenvalue weighted by atomic mass is 32.1. The fourth-order valence-electron chi connectivity index (χ4n) is 2.33. The molecule has 1 fully saturated rings. The molecule has 1 N–H and O–H groups in total. The molecule has 2 unspecified atom stereocenters. The van der Waals surface area contributed by atoms with Gasteiger partial charge in [0.25, 0.3) is 5.91 Å². The van der Waals surface area contributed by atoms with E-state index in [1.807, 2.05) is 0 Å². The first kappa shape index (κ1) is 16.3. The maximum Gasteiger partial charge on any atom is 0.349 e. The highest BCUT2D eigenvalue weighted by Gasteiger charge is 2.35. The molecule has 0 aromatic carbocycles. The lowest BCUT2D eigenvalue weighted by molar-refractivity contribution is -0.147. The number of carbonyl (C=O) groups excluding carboxylic acids is 3. The number of carbonyl (C=O) groups is 3. The Kier molecular flexibility index (Phi) is 4.39. The van der Waals surface area contributed by atoms with Crippen molar-refractivity contribution in [3.05, 3.63) is 40.7 Å². The van der Waals surface area contributed by atoms with Gasteiger partial charge in [-0.2, -0.15) is 0 Å². The highest BCUT2D eigenvalue weighted by Crippen LogP contribution is 2.29. The van der Waals surface area contributed by atoms with Gasteiger partial charge in [-0.1, -0.05) is 0 Å². The zero-order chi connectivity index (χ0) is 17.3. The number of ether oxygens (including phenoxy) is 2. The second kappa shape index (κ2) is 6.48. The summed E-state index contributed by atoms with van der Waals surface area (Å²) in [6.07, 6.45) is 0.605. The van der Waals surface area contributed by atoms with Crippen molar-refractivity contribution < 1.29 is 28.3 Å². The Morgan fingerprint density at radius 1 is 1.42 bits per heavy atom. The molecule has 2 aromatic rings. The Balaban J connectivity index is 1.68. The van der Waals surface area contributed by atoms with Crippen LogP contribution in [0.1, 0.15) is 39.1 Å². The predicted octanol–water partition coefficient (Wildman–Crippen LogP) is 2.76. The van der Waals surface area contributed by atoms with Crippen LogP contribution in [0.2, 0.25) is 0 Å². The van der Waals surface area contributed by atoms with E-state index in [2.05, 4.69) is 5.32 Å². The molecular formula is C16H15NO6S. The molecule has 0 aliphatic carbocycles. The van der Waals surface area contributed by atoms with Gasteiger partial charge in [-0.3, -0.25) is 4.79 Å². The summed E-state index contributed by atoms with van der Waals surface area (Å²) in [5.74, 6) is -1.37. The normalized spacial score (nSPS) is 19.8. The van der Waals surface area contributed by atoms with Gasteiger partial charge in [0, 0.05) is 6.42 Å². The molecule has 2 atom stereocenters. The molecular weight excluding hydrogens is 334 g/mol. The lowest BCUT2D eigenvalue weighted by Gasteiger charge is -2.07. The van der Waals surface area contributed by atoms with E-state index in [-0.39, 0.29) is 11.9 Å². The summed E-state index contributed by atoms with van der Waals surface area (Å²) in [6, 6.07) is 4.81. The van der Waals surface area contributed by atoms with Crippen molar-refractivity contribution in [2.75, 3.05) is 5.32 Å². The number of thiophene rings is 1. The van der Waals surface area contributed by atoms with Crippen molar-refractivity contribution in [1.29, 1.82) is 0 Å². The Labute approximate surface area is 141 Å². The third-order valence-corrected chi connectivity index (χ3v) is 4.59. The van der Waals surface area contributed by atoms with Gasteiger partial charge in [0.1, 0.15) is 11.0 Å². The van der Waals surface area contributed by atoms with Crippen molar-refractivity contribution in [2.45, 2.75) is 32.5 Å². The standard InChI is InChI=1S/C16H15NO6S/c1-8-6-12(17-14(18)10-4-3-5-21-10)24-13(8)16(20)23-11-7-9(2)22-15(11)19/h3-6,9,11H,7H2,1-2H3,(H,17,18). The number of rotatable bonds is 4. The third-order valence-electron chi connectivity index (χ3n) is 3.46. The van der Waals surface area contributed by atoms with Crippen LogP contribution in [0.15, 0.2) is 28.9 Å². The van der Waals surface area contributed by atoms with Crippen LogP contribution in [0.5, 0.6) is 0 Å². The molecule has 0 radical (unpaired) electrons. The zero-order valence-corrected chi connectivity index (χ0v) is 13.8. The summed E-state index contributed by atoms with van der Waals surface area (Å²) in [5.41, 5.74) is 0.652. The fourth-order valence-corrected chi connectivity index (χ4v) is 3.28. The molecule has 1 saturated heterocycles. The van der Waals surface area contributed by atoms with Gasteiger partial charge in [-0.15, -0.1) is 11.3 Å². The minimum atomic E-state index is -0.879. The minimum absolute atomic E-state index is 0.174. The van der Waals surface area contributed by atoms with Gasteiger partial charge >= 0.3 is 11.9 Å². The lowest BCUT2D eigenvalue weighted by Crippen LogP contribution is -2.22. The number of aryl methyl sites for hydroxylation is 1. The van der Waals surface area contributed by atoms with Crippen molar-refractivity contribution in [1.82, 2.24) is 0 Å². The van der Waals surface area contributed by atoms with E-state index in [1.165, 1.54) is 12.3 Å². The molecule has 1 aliphatic rings. The summed E-state index contributed by atoms with van der Waals surface area (Å²) in [4.78, 5) is 36.1. The van der Waals surface area contributed by atoms with Crippen LogP contribution < -0.4 is 5.32 Å². The Bertz CT molecular complexity index is 779. The van der Waals surface area contributed by atoms with Gasteiger partial charge in [0.2, 0.25) is 6.10 Å². The van der Waals surface area contributed by atoms with Gasteiger partial charge in [0.15, 0.2) is 5.76 Å². The molecule has 7 nitrogen and oxygen atoms in total. The number of anilines is 1. The Morgan fingerprint density at radius 2 is 2.21 bits per heavy atom. The van der Waals surface area contributed by atoms with E-state index < -0.39 is 23.9 Å². The average Bonchev–Trinajstić information content (AvgIpc) is 3.21. The van der Waals surface area contributed by atoms with Crippen LogP contribution in [0.25, 0.3) is 0 Å². The van der Waals surface area contributed by atoms with E-state index >= 15 is 0 Å². The number of hydrogen-bond acceptors (Lipinski definition) is 7. The molecule has 3 rings (SSSR count). The second-order valence-electron chi connectivity index (χ2n) is 5.43. The number of hydrogen-bond donors (Lipinski definition) is 1. The van der Waals surface area contributed by atoms with Gasteiger partial charge in [-0.25, -0.2) is 9.59 Å². The maximum atomic E-state index is 12.3. The summed E-state index contributed by atoms with van der Waals surface area (Å²) < 4.78 is 15.2. The van der Waals surface area contributed by atoms with E-state index in [4.69, 9.17) is 13.9 Å². The monoisotopic (exact) mass is 349 g/mol. The third kappa shape index (κ3) is 3.33. The van der Waals surface area contributed by atoms with Crippen molar-refractivity contribution in [3.63, 3.8) is 0 Å². The van der Waals surface area contributed by atoms with Crippen LogP contribution >= 0.6 is 11.3 Å². The van der Waals surface area contributed by atoms with Crippen molar-refractivity contribution in [2.24, 2.45) is 0 Å².